The lowest BCUT2D eigenvalue weighted by Gasteiger charge is -2.52. The fourth-order valence-electron chi connectivity index (χ4n) is 5.25. The van der Waals surface area contributed by atoms with Crippen LogP contribution in [-0.4, -0.2) is 92.0 Å². The Balaban J connectivity index is 1.21. The van der Waals surface area contributed by atoms with Crippen LogP contribution in [0, 0.1) is 5.41 Å². The highest BCUT2D eigenvalue weighted by atomic mass is 16.6. The number of ether oxygens (including phenoxy) is 2. The van der Waals surface area contributed by atoms with Gasteiger partial charge in [-0.2, -0.15) is 0 Å². The highest BCUT2D eigenvalue weighted by Gasteiger charge is 2.51. The molecular weight excluding hydrogens is 318 g/mol. The Morgan fingerprint density at radius 2 is 1.92 bits per heavy atom. The highest BCUT2D eigenvalue weighted by molar-refractivity contribution is 5.68. The average Bonchev–Trinajstić information content (AvgIpc) is 2.98. The van der Waals surface area contributed by atoms with Gasteiger partial charge in [0.15, 0.2) is 0 Å². The van der Waals surface area contributed by atoms with Gasteiger partial charge in [-0.15, -0.1) is 0 Å². The summed E-state index contributed by atoms with van der Waals surface area (Å²) in [7, 11) is 2.27. The van der Waals surface area contributed by atoms with Crippen LogP contribution in [0.2, 0.25) is 0 Å². The van der Waals surface area contributed by atoms with Gasteiger partial charge in [-0.1, -0.05) is 0 Å². The number of likely N-dealkylation sites (tertiary alicyclic amines) is 2. The first-order valence-corrected chi connectivity index (χ1v) is 10.1. The van der Waals surface area contributed by atoms with Gasteiger partial charge in [-0.05, 0) is 64.6 Å². The fourth-order valence-corrected chi connectivity index (χ4v) is 5.25. The molecule has 4 fully saturated rings. The molecule has 0 aromatic carbocycles. The molecule has 3 heterocycles. The van der Waals surface area contributed by atoms with Crippen molar-refractivity contribution in [3.8, 4) is 0 Å². The van der Waals surface area contributed by atoms with Crippen LogP contribution in [0.3, 0.4) is 0 Å². The van der Waals surface area contributed by atoms with Gasteiger partial charge >= 0.3 is 6.09 Å². The molecule has 1 spiro atoms. The maximum Gasteiger partial charge on any atom is 0.409 e. The van der Waals surface area contributed by atoms with Crippen LogP contribution in [0.5, 0.6) is 0 Å². The van der Waals surface area contributed by atoms with Crippen molar-refractivity contribution < 1.29 is 14.3 Å². The van der Waals surface area contributed by atoms with E-state index in [1.807, 2.05) is 11.8 Å². The Morgan fingerprint density at radius 3 is 2.52 bits per heavy atom. The molecule has 0 N–H and O–H groups in total. The summed E-state index contributed by atoms with van der Waals surface area (Å²) >= 11 is 0. The van der Waals surface area contributed by atoms with Crippen LogP contribution in [0.1, 0.15) is 39.0 Å². The van der Waals surface area contributed by atoms with Crippen LogP contribution in [-0.2, 0) is 9.47 Å². The topological polar surface area (TPSA) is 45.2 Å². The molecule has 25 heavy (non-hydrogen) atoms. The molecule has 4 rings (SSSR count). The number of rotatable bonds is 4. The zero-order chi connectivity index (χ0) is 17.4. The third kappa shape index (κ3) is 3.40. The maximum atomic E-state index is 11.9. The average molecular weight is 351 g/mol. The van der Waals surface area contributed by atoms with Crippen molar-refractivity contribution in [1.29, 1.82) is 0 Å². The summed E-state index contributed by atoms with van der Waals surface area (Å²) < 4.78 is 10.5. The van der Waals surface area contributed by atoms with Gasteiger partial charge in [0.2, 0.25) is 0 Å². The summed E-state index contributed by atoms with van der Waals surface area (Å²) in [5.41, 5.74) is 0.383. The molecule has 0 unspecified atom stereocenters. The number of likely N-dealkylation sites (N-methyl/N-ethyl adjacent to an activating group) is 1. The predicted octanol–water partition coefficient (Wildman–Crippen LogP) is 1.79. The summed E-state index contributed by atoms with van der Waals surface area (Å²) in [6.45, 7) is 8.42. The van der Waals surface area contributed by atoms with Gasteiger partial charge in [0.05, 0.1) is 25.9 Å². The first-order chi connectivity index (χ1) is 12.1. The van der Waals surface area contributed by atoms with E-state index in [-0.39, 0.29) is 6.09 Å². The van der Waals surface area contributed by atoms with E-state index in [9.17, 15) is 4.79 Å². The number of hydrogen-bond donors (Lipinski definition) is 0. The zero-order valence-electron chi connectivity index (χ0n) is 15.8. The van der Waals surface area contributed by atoms with Crippen molar-refractivity contribution in [3.05, 3.63) is 0 Å². The molecule has 1 saturated carbocycles. The molecule has 3 saturated heterocycles. The Morgan fingerprint density at radius 1 is 1.20 bits per heavy atom. The molecule has 142 valence electrons. The van der Waals surface area contributed by atoms with Gasteiger partial charge < -0.3 is 19.3 Å². The molecule has 0 aromatic rings. The van der Waals surface area contributed by atoms with Gasteiger partial charge in [0.1, 0.15) is 0 Å². The summed E-state index contributed by atoms with van der Waals surface area (Å²) in [5.74, 6) is 0. The minimum Gasteiger partial charge on any atom is -0.450 e. The SMILES string of the molecule is CCOC(=O)N1CCC2(CC(N3CCC(N(C)C4COC4)CC3)C2)C1. The number of carbonyl (C=O) groups is 1. The second kappa shape index (κ2) is 7.05. The van der Waals surface area contributed by atoms with E-state index in [1.165, 1.54) is 38.8 Å². The normalized spacial score (nSPS) is 34.4. The molecule has 0 bridgehead atoms. The van der Waals surface area contributed by atoms with E-state index >= 15 is 0 Å². The number of nitrogens with zero attached hydrogens (tertiary/aromatic N) is 3. The molecule has 0 radical (unpaired) electrons. The predicted molar refractivity (Wildman–Crippen MR) is 95.6 cm³/mol. The van der Waals surface area contributed by atoms with Crippen molar-refractivity contribution in [1.82, 2.24) is 14.7 Å². The molecule has 4 aliphatic rings. The Bertz CT molecular complexity index is 482. The van der Waals surface area contributed by atoms with Crippen molar-refractivity contribution in [2.24, 2.45) is 5.41 Å². The minimum absolute atomic E-state index is 0.119. The van der Waals surface area contributed by atoms with Crippen molar-refractivity contribution in [2.75, 3.05) is 53.0 Å². The number of carbonyl (C=O) groups excluding carboxylic acids is 1. The van der Waals surface area contributed by atoms with Crippen LogP contribution < -0.4 is 0 Å². The van der Waals surface area contributed by atoms with E-state index < -0.39 is 0 Å². The van der Waals surface area contributed by atoms with Crippen LogP contribution in [0.15, 0.2) is 0 Å². The van der Waals surface area contributed by atoms with Crippen molar-refractivity contribution in [3.63, 3.8) is 0 Å². The van der Waals surface area contributed by atoms with Gasteiger partial charge in [0.25, 0.3) is 0 Å². The molecule has 1 amide bonds. The summed E-state index contributed by atoms with van der Waals surface area (Å²) in [5, 5.41) is 0. The Hall–Kier alpha value is -0.850. The van der Waals surface area contributed by atoms with E-state index in [4.69, 9.17) is 9.47 Å². The highest BCUT2D eigenvalue weighted by Crippen LogP contribution is 2.50. The van der Waals surface area contributed by atoms with Crippen molar-refractivity contribution >= 4 is 6.09 Å². The van der Waals surface area contributed by atoms with Crippen LogP contribution in [0.25, 0.3) is 0 Å². The minimum atomic E-state index is -0.119. The van der Waals surface area contributed by atoms with Gasteiger partial charge in [-0.25, -0.2) is 4.79 Å². The van der Waals surface area contributed by atoms with E-state index in [0.29, 0.717) is 18.1 Å². The van der Waals surface area contributed by atoms with E-state index in [0.717, 1.165) is 44.8 Å². The fraction of sp³-hybridized carbons (Fsp3) is 0.947. The van der Waals surface area contributed by atoms with E-state index in [2.05, 4.69) is 16.8 Å². The second-order valence-electron chi connectivity index (χ2n) is 8.56. The lowest BCUT2D eigenvalue weighted by atomic mass is 9.64. The third-order valence-corrected chi connectivity index (χ3v) is 7.09. The molecule has 3 aliphatic heterocycles. The first kappa shape index (κ1) is 17.6. The number of hydrogen-bond acceptors (Lipinski definition) is 5. The lowest BCUT2D eigenvalue weighted by Crippen LogP contribution is -2.58. The van der Waals surface area contributed by atoms with Gasteiger partial charge in [-0.3, -0.25) is 4.90 Å². The second-order valence-corrected chi connectivity index (χ2v) is 8.56. The Kier molecular flexibility index (Phi) is 4.95. The number of amides is 1. The molecule has 0 atom stereocenters. The van der Waals surface area contributed by atoms with Crippen LogP contribution in [0.4, 0.5) is 4.79 Å². The molecule has 6 heteroatoms. The quantitative estimate of drug-likeness (QED) is 0.773. The number of piperidine rings is 1. The van der Waals surface area contributed by atoms with Gasteiger partial charge in [0, 0.05) is 25.2 Å². The van der Waals surface area contributed by atoms with Crippen molar-refractivity contribution in [2.45, 2.75) is 57.2 Å². The molecule has 0 aromatic heterocycles. The lowest BCUT2D eigenvalue weighted by molar-refractivity contribution is -0.0822. The smallest absolute Gasteiger partial charge is 0.409 e. The Labute approximate surface area is 151 Å². The third-order valence-electron chi connectivity index (χ3n) is 7.09. The zero-order valence-corrected chi connectivity index (χ0v) is 15.8. The monoisotopic (exact) mass is 351 g/mol. The largest absolute Gasteiger partial charge is 0.450 e. The summed E-state index contributed by atoms with van der Waals surface area (Å²) in [4.78, 5) is 19.1. The molecule has 1 aliphatic carbocycles. The maximum absolute atomic E-state index is 11.9. The summed E-state index contributed by atoms with van der Waals surface area (Å²) in [6.07, 6.45) is 6.13. The standard InChI is InChI=1S/C19H33N3O3/c1-3-25-18(23)22-9-6-19(14-22)10-16(11-19)21-7-4-15(5-8-21)20(2)17-12-24-13-17/h15-17H,3-14H2,1-2H3. The first-order valence-electron chi connectivity index (χ1n) is 10.1. The summed E-state index contributed by atoms with van der Waals surface area (Å²) in [6, 6.07) is 2.11. The molecular formula is C19H33N3O3. The molecule has 6 nitrogen and oxygen atoms in total. The van der Waals surface area contributed by atoms with E-state index in [1.54, 1.807) is 0 Å². The van der Waals surface area contributed by atoms with Crippen LogP contribution >= 0.6 is 0 Å².